The molecule has 0 fully saturated rings. The lowest BCUT2D eigenvalue weighted by Crippen LogP contribution is -2.30. The van der Waals surface area contributed by atoms with Crippen LogP contribution in [0.2, 0.25) is 0 Å². The van der Waals surface area contributed by atoms with E-state index in [-0.39, 0.29) is 11.6 Å². The maximum atomic E-state index is 13.9. The Bertz CT molecular complexity index is 2070. The molecule has 9 heteroatoms. The molecular formula is C40H34N4O3S2. The standard InChI is InChI=1S/C40H34N4O3S2/c1-26-12-10-13-27(22-26)23-34(43-37(45)29-16-6-3-7-17-29)38(46)42-30-18-11-19-31(24-30)48-36(28-14-4-2-5-15-28)39(47)44-40-33(25-41)32-20-8-9-21-35(32)49-40/h2-7,10-19,22-24,36H,8-9,20-21H2,1H3,(H,42,46)(H,43,45)(H,44,47)/b34-23+. The number of nitrogens with one attached hydrogen (secondary N) is 3. The van der Waals surface area contributed by atoms with E-state index in [1.807, 2.05) is 79.7 Å². The van der Waals surface area contributed by atoms with E-state index in [4.69, 9.17) is 0 Å². The van der Waals surface area contributed by atoms with Gasteiger partial charge >= 0.3 is 0 Å². The van der Waals surface area contributed by atoms with Crippen LogP contribution in [0.15, 0.2) is 120 Å². The van der Waals surface area contributed by atoms with Gasteiger partial charge in [0.05, 0.1) is 5.56 Å². The molecule has 4 aromatic carbocycles. The van der Waals surface area contributed by atoms with E-state index in [2.05, 4.69) is 22.0 Å². The van der Waals surface area contributed by atoms with Gasteiger partial charge in [0.2, 0.25) is 5.91 Å². The van der Waals surface area contributed by atoms with Crippen LogP contribution < -0.4 is 16.0 Å². The quantitative estimate of drug-likeness (QED) is 0.101. The Morgan fingerprint density at radius 1 is 0.857 bits per heavy atom. The van der Waals surface area contributed by atoms with Crippen molar-refractivity contribution in [3.63, 3.8) is 0 Å². The molecule has 7 nitrogen and oxygen atoms in total. The molecule has 0 bridgehead atoms. The van der Waals surface area contributed by atoms with Gasteiger partial charge in [-0.15, -0.1) is 23.1 Å². The zero-order valence-corrected chi connectivity index (χ0v) is 28.5. The molecule has 1 atom stereocenters. The Morgan fingerprint density at radius 2 is 1.59 bits per heavy atom. The van der Waals surface area contributed by atoms with Crippen LogP contribution in [0.25, 0.3) is 6.08 Å². The molecule has 244 valence electrons. The van der Waals surface area contributed by atoms with Crippen LogP contribution in [0.5, 0.6) is 0 Å². The van der Waals surface area contributed by atoms with Crippen LogP contribution in [-0.2, 0) is 22.4 Å². The van der Waals surface area contributed by atoms with E-state index in [1.165, 1.54) is 28.0 Å². The summed E-state index contributed by atoms with van der Waals surface area (Å²) < 4.78 is 0. The molecule has 5 aromatic rings. The van der Waals surface area contributed by atoms with Gasteiger partial charge in [-0.25, -0.2) is 0 Å². The first-order valence-corrected chi connectivity index (χ1v) is 17.7. The first-order valence-electron chi connectivity index (χ1n) is 16.0. The zero-order valence-electron chi connectivity index (χ0n) is 26.9. The number of hydrogen-bond acceptors (Lipinski definition) is 6. The van der Waals surface area contributed by atoms with Gasteiger partial charge < -0.3 is 16.0 Å². The number of rotatable bonds is 10. The van der Waals surface area contributed by atoms with Crippen molar-refractivity contribution >= 4 is 57.6 Å². The lowest BCUT2D eigenvalue weighted by molar-refractivity contribution is -0.116. The maximum absolute atomic E-state index is 13.9. The highest BCUT2D eigenvalue weighted by atomic mass is 32.2. The lowest BCUT2D eigenvalue weighted by Gasteiger charge is -2.17. The van der Waals surface area contributed by atoms with Gasteiger partial charge in [-0.1, -0.05) is 84.4 Å². The number of nitrogens with zero attached hydrogens (tertiary/aromatic N) is 1. The zero-order chi connectivity index (χ0) is 34.2. The Hall–Kier alpha value is -5.43. The van der Waals surface area contributed by atoms with Gasteiger partial charge in [0.25, 0.3) is 11.8 Å². The summed E-state index contributed by atoms with van der Waals surface area (Å²) >= 11 is 2.86. The Balaban J connectivity index is 1.24. The molecule has 0 saturated heterocycles. The van der Waals surface area contributed by atoms with Crippen LogP contribution in [0.3, 0.4) is 0 Å². The monoisotopic (exact) mass is 682 g/mol. The van der Waals surface area contributed by atoms with Gasteiger partial charge in [-0.05, 0) is 85.7 Å². The summed E-state index contributed by atoms with van der Waals surface area (Å²) in [6.07, 6.45) is 5.57. The summed E-state index contributed by atoms with van der Waals surface area (Å²) in [4.78, 5) is 42.6. The van der Waals surface area contributed by atoms with E-state index < -0.39 is 17.1 Å². The number of amides is 3. The van der Waals surface area contributed by atoms with Crippen molar-refractivity contribution in [3.05, 3.63) is 153 Å². The van der Waals surface area contributed by atoms with Crippen molar-refractivity contribution in [1.29, 1.82) is 5.26 Å². The molecule has 49 heavy (non-hydrogen) atoms. The van der Waals surface area contributed by atoms with Crippen molar-refractivity contribution in [2.45, 2.75) is 42.8 Å². The van der Waals surface area contributed by atoms with Crippen molar-refractivity contribution < 1.29 is 14.4 Å². The largest absolute Gasteiger partial charge is 0.321 e. The summed E-state index contributed by atoms with van der Waals surface area (Å²) in [5.41, 5.74) is 5.26. The molecule has 0 saturated carbocycles. The van der Waals surface area contributed by atoms with E-state index in [1.54, 1.807) is 42.5 Å². The van der Waals surface area contributed by atoms with Crippen LogP contribution >= 0.6 is 23.1 Å². The van der Waals surface area contributed by atoms with Crippen LogP contribution in [-0.4, -0.2) is 17.7 Å². The molecule has 1 aromatic heterocycles. The molecule has 1 heterocycles. The first kappa shape index (κ1) is 33.5. The highest BCUT2D eigenvalue weighted by Gasteiger charge is 2.27. The fourth-order valence-electron chi connectivity index (χ4n) is 5.70. The number of fused-ring (bicyclic) bond motifs is 1. The van der Waals surface area contributed by atoms with Gasteiger partial charge in [-0.3, -0.25) is 14.4 Å². The van der Waals surface area contributed by atoms with Crippen molar-refractivity contribution in [3.8, 4) is 6.07 Å². The molecule has 1 aliphatic rings. The summed E-state index contributed by atoms with van der Waals surface area (Å²) in [5.74, 6) is -1.12. The third-order valence-corrected chi connectivity index (χ3v) is 10.5. The minimum Gasteiger partial charge on any atom is -0.321 e. The van der Waals surface area contributed by atoms with Crippen molar-refractivity contribution in [1.82, 2.24) is 5.32 Å². The minimum atomic E-state index is -0.625. The SMILES string of the molecule is Cc1cccc(/C=C(/NC(=O)c2ccccc2)C(=O)Nc2cccc(SC(C(=O)Nc3sc4c(c3C#N)CCCC4)c3ccccc3)c2)c1. The van der Waals surface area contributed by atoms with Gasteiger partial charge in [-0.2, -0.15) is 5.26 Å². The smallest absolute Gasteiger partial charge is 0.272 e. The van der Waals surface area contributed by atoms with Gasteiger partial charge in [0, 0.05) is 21.0 Å². The fraction of sp³-hybridized carbons (Fsp3) is 0.150. The highest BCUT2D eigenvalue weighted by Crippen LogP contribution is 2.41. The normalized spacial score (nSPS) is 13.0. The molecule has 3 amide bonds. The maximum Gasteiger partial charge on any atom is 0.272 e. The summed E-state index contributed by atoms with van der Waals surface area (Å²) in [6, 6.07) is 35.5. The summed E-state index contributed by atoms with van der Waals surface area (Å²) in [6.45, 7) is 1.96. The van der Waals surface area contributed by atoms with Crippen LogP contribution in [0.1, 0.15) is 61.1 Å². The third-order valence-electron chi connectivity index (χ3n) is 8.09. The number of aryl methyl sites for hydroxylation is 2. The molecule has 0 spiro atoms. The highest BCUT2D eigenvalue weighted by molar-refractivity contribution is 8.00. The predicted octanol–water partition coefficient (Wildman–Crippen LogP) is 8.69. The Labute approximate surface area is 294 Å². The lowest BCUT2D eigenvalue weighted by atomic mass is 9.96. The Kier molecular flexibility index (Phi) is 10.7. The second kappa shape index (κ2) is 15.6. The number of anilines is 2. The molecular weight excluding hydrogens is 649 g/mol. The number of thiophene rings is 1. The fourth-order valence-corrected chi connectivity index (χ4v) is 8.03. The van der Waals surface area contributed by atoms with E-state index in [9.17, 15) is 19.6 Å². The topological polar surface area (TPSA) is 111 Å². The van der Waals surface area contributed by atoms with Crippen LogP contribution in [0.4, 0.5) is 10.7 Å². The predicted molar refractivity (Wildman–Crippen MR) is 197 cm³/mol. The summed E-state index contributed by atoms with van der Waals surface area (Å²) in [7, 11) is 0. The van der Waals surface area contributed by atoms with Crippen molar-refractivity contribution in [2.24, 2.45) is 0 Å². The van der Waals surface area contributed by atoms with E-state index in [0.717, 1.165) is 52.8 Å². The molecule has 3 N–H and O–H groups in total. The molecule has 1 aliphatic carbocycles. The summed E-state index contributed by atoms with van der Waals surface area (Å²) in [5, 5.41) is 18.7. The third kappa shape index (κ3) is 8.36. The average Bonchev–Trinajstić information content (AvgIpc) is 3.48. The second-order valence-electron chi connectivity index (χ2n) is 11.7. The Morgan fingerprint density at radius 3 is 2.35 bits per heavy atom. The number of thioether (sulfide) groups is 1. The minimum absolute atomic E-state index is 0.0889. The number of hydrogen-bond donors (Lipinski definition) is 3. The van der Waals surface area contributed by atoms with Gasteiger partial charge in [0.15, 0.2) is 0 Å². The number of carbonyl (C=O) groups excluding carboxylic acids is 3. The van der Waals surface area contributed by atoms with E-state index >= 15 is 0 Å². The second-order valence-corrected chi connectivity index (χ2v) is 14.0. The number of carbonyl (C=O) groups is 3. The molecule has 0 radical (unpaired) electrons. The molecule has 0 aliphatic heterocycles. The van der Waals surface area contributed by atoms with Crippen LogP contribution in [0, 0.1) is 18.3 Å². The van der Waals surface area contributed by atoms with Gasteiger partial charge in [0.1, 0.15) is 22.0 Å². The van der Waals surface area contributed by atoms with E-state index in [0.29, 0.717) is 21.8 Å². The molecule has 6 rings (SSSR count). The number of benzene rings is 4. The first-order chi connectivity index (χ1) is 23.9. The average molecular weight is 683 g/mol. The van der Waals surface area contributed by atoms with Crippen molar-refractivity contribution in [2.75, 3.05) is 10.6 Å². The number of nitriles is 1. The molecule has 1 unspecified atom stereocenters.